The highest BCUT2D eigenvalue weighted by molar-refractivity contribution is 7.19. The van der Waals surface area contributed by atoms with Crippen molar-refractivity contribution >= 4 is 33.7 Å². The van der Waals surface area contributed by atoms with Gasteiger partial charge in [-0.25, -0.2) is 8.78 Å². The van der Waals surface area contributed by atoms with Gasteiger partial charge in [0.2, 0.25) is 0 Å². The van der Waals surface area contributed by atoms with E-state index in [2.05, 4.69) is 10.6 Å². The van der Waals surface area contributed by atoms with E-state index < -0.39 is 18.9 Å². The Bertz CT molecular complexity index is 541. The lowest BCUT2D eigenvalue weighted by molar-refractivity contribution is 0.0963. The third kappa shape index (κ3) is 2.90. The molecule has 1 aromatic heterocycles. The summed E-state index contributed by atoms with van der Waals surface area (Å²) in [6.07, 6.45) is -0.935. The van der Waals surface area contributed by atoms with Crippen LogP contribution in [0.1, 0.15) is 32.9 Å². The van der Waals surface area contributed by atoms with Crippen LogP contribution in [0, 0.1) is 5.92 Å². The summed E-state index contributed by atoms with van der Waals surface area (Å²) in [7, 11) is 1.42. The van der Waals surface area contributed by atoms with Crippen molar-refractivity contribution in [1.82, 2.24) is 5.32 Å². The number of amides is 1. The number of nitrogens with one attached hydrogen (secondary N) is 2. The van der Waals surface area contributed by atoms with Crippen molar-refractivity contribution in [3.8, 4) is 0 Å². The lowest BCUT2D eigenvalue weighted by atomic mass is 10.1. The fourth-order valence-electron chi connectivity index (χ4n) is 1.80. The van der Waals surface area contributed by atoms with Crippen LogP contribution in [0.25, 0.3) is 0 Å². The summed E-state index contributed by atoms with van der Waals surface area (Å²) < 4.78 is 24.6. The largest absolute Gasteiger partial charge is 0.397 e. The van der Waals surface area contributed by atoms with Gasteiger partial charge in [-0.15, -0.1) is 11.3 Å². The second kappa shape index (κ2) is 5.74. The van der Waals surface area contributed by atoms with Crippen molar-refractivity contribution in [1.29, 1.82) is 0 Å². The van der Waals surface area contributed by atoms with E-state index in [0.29, 0.717) is 0 Å². The Morgan fingerprint density at radius 2 is 2.10 bits per heavy atom. The van der Waals surface area contributed by atoms with Gasteiger partial charge < -0.3 is 16.4 Å². The van der Waals surface area contributed by atoms with E-state index >= 15 is 0 Å². The molecule has 0 radical (unpaired) electrons. The third-order valence-electron chi connectivity index (χ3n) is 2.99. The lowest BCUT2D eigenvalue weighted by Crippen LogP contribution is -2.21. The van der Waals surface area contributed by atoms with Gasteiger partial charge in [-0.05, 0) is 12.8 Å². The number of hydrogen-bond acceptors (Lipinski definition) is 5. The molecule has 1 amide bonds. The van der Waals surface area contributed by atoms with E-state index in [4.69, 9.17) is 5.73 Å². The number of rotatable bonds is 6. The number of carbonyl (C=O) groups is 2. The summed E-state index contributed by atoms with van der Waals surface area (Å²) in [6, 6.07) is 0. The van der Waals surface area contributed by atoms with E-state index in [1.807, 2.05) is 0 Å². The van der Waals surface area contributed by atoms with E-state index in [-0.39, 0.29) is 32.8 Å². The Hall–Kier alpha value is -1.70. The van der Waals surface area contributed by atoms with Crippen LogP contribution < -0.4 is 16.4 Å². The summed E-state index contributed by atoms with van der Waals surface area (Å²) in [5, 5.41) is 5.09. The zero-order chi connectivity index (χ0) is 14.9. The van der Waals surface area contributed by atoms with Crippen LogP contribution in [-0.2, 0) is 0 Å². The van der Waals surface area contributed by atoms with Gasteiger partial charge in [0.1, 0.15) is 5.00 Å². The summed E-state index contributed by atoms with van der Waals surface area (Å²) in [5.41, 5.74) is 6.00. The maximum atomic E-state index is 12.3. The highest BCUT2D eigenvalue weighted by atomic mass is 32.1. The van der Waals surface area contributed by atoms with E-state index in [0.717, 1.165) is 24.2 Å². The fourth-order valence-corrected chi connectivity index (χ4v) is 2.95. The second-order valence-corrected chi connectivity index (χ2v) is 5.56. The van der Waals surface area contributed by atoms with Crippen molar-refractivity contribution in [3.63, 3.8) is 0 Å². The first-order valence-corrected chi connectivity index (χ1v) is 6.98. The van der Waals surface area contributed by atoms with Crippen LogP contribution in [0.3, 0.4) is 0 Å². The van der Waals surface area contributed by atoms with Crippen molar-refractivity contribution in [3.05, 3.63) is 10.4 Å². The predicted octanol–water partition coefficient (Wildman–Crippen LogP) is 1.96. The maximum Gasteiger partial charge on any atom is 0.256 e. The molecule has 20 heavy (non-hydrogen) atoms. The first kappa shape index (κ1) is 14.7. The number of alkyl halides is 2. The minimum absolute atomic E-state index is 0.0450. The summed E-state index contributed by atoms with van der Waals surface area (Å²) in [6.45, 7) is -0.596. The molecule has 4 N–H and O–H groups in total. The SMILES string of the molecule is CNC(=O)c1c(NCC(F)F)sc(C(=O)C2CC2)c1N. The molecule has 0 unspecified atom stereocenters. The van der Waals surface area contributed by atoms with E-state index in [1.54, 1.807) is 0 Å². The molecule has 0 aromatic carbocycles. The molecule has 110 valence electrons. The smallest absolute Gasteiger partial charge is 0.256 e. The minimum Gasteiger partial charge on any atom is -0.397 e. The number of Topliss-reactive ketones (excluding diaryl/α,β-unsaturated/α-hetero) is 1. The Morgan fingerprint density at radius 1 is 1.45 bits per heavy atom. The number of thiophene rings is 1. The maximum absolute atomic E-state index is 12.3. The zero-order valence-corrected chi connectivity index (χ0v) is 11.7. The molecule has 8 heteroatoms. The minimum atomic E-state index is -2.56. The van der Waals surface area contributed by atoms with Gasteiger partial charge in [0.25, 0.3) is 12.3 Å². The van der Waals surface area contributed by atoms with Gasteiger partial charge in [0.15, 0.2) is 5.78 Å². The topological polar surface area (TPSA) is 84.2 Å². The molecule has 1 fully saturated rings. The molecule has 1 heterocycles. The molecule has 0 spiro atoms. The summed E-state index contributed by atoms with van der Waals surface area (Å²) in [5.74, 6) is -0.649. The fraction of sp³-hybridized carbons (Fsp3) is 0.500. The Kier molecular flexibility index (Phi) is 4.22. The highest BCUT2D eigenvalue weighted by Gasteiger charge is 2.35. The number of halogens is 2. The molecule has 1 saturated carbocycles. The lowest BCUT2D eigenvalue weighted by Gasteiger charge is -2.06. The third-order valence-corrected chi connectivity index (χ3v) is 4.17. The molecule has 1 aromatic rings. The molecule has 5 nitrogen and oxygen atoms in total. The monoisotopic (exact) mass is 303 g/mol. The Labute approximate surface area is 118 Å². The molecule has 0 saturated heterocycles. The van der Waals surface area contributed by atoms with Crippen molar-refractivity contribution < 1.29 is 18.4 Å². The number of nitrogen functional groups attached to an aromatic ring is 1. The first-order valence-electron chi connectivity index (χ1n) is 6.16. The molecule has 1 aliphatic carbocycles. The van der Waals surface area contributed by atoms with Crippen LogP contribution >= 0.6 is 11.3 Å². The van der Waals surface area contributed by atoms with E-state index in [9.17, 15) is 18.4 Å². The van der Waals surface area contributed by atoms with Gasteiger partial charge in [-0.2, -0.15) is 0 Å². The van der Waals surface area contributed by atoms with Gasteiger partial charge in [-0.1, -0.05) is 0 Å². The van der Waals surface area contributed by atoms with Crippen molar-refractivity contribution in [2.24, 2.45) is 5.92 Å². The number of hydrogen-bond donors (Lipinski definition) is 3. The standard InChI is InChI=1S/C12H15F2N3O2S/c1-16-11(19)7-8(15)10(9(18)5-2-3-5)20-12(7)17-4-6(13)14/h5-6,17H,2-4,15H2,1H3,(H,16,19). The Morgan fingerprint density at radius 3 is 2.60 bits per heavy atom. The van der Waals surface area contributed by atoms with Crippen LogP contribution in [0.15, 0.2) is 0 Å². The molecule has 0 atom stereocenters. The number of ketones is 1. The molecule has 2 rings (SSSR count). The molecule has 0 aliphatic heterocycles. The molecular weight excluding hydrogens is 288 g/mol. The average molecular weight is 303 g/mol. The second-order valence-electron chi connectivity index (χ2n) is 4.54. The van der Waals surface area contributed by atoms with E-state index in [1.165, 1.54) is 7.05 Å². The average Bonchev–Trinajstić information content (AvgIpc) is 3.19. The quantitative estimate of drug-likeness (QED) is 0.701. The molecule has 1 aliphatic rings. The normalized spacial score (nSPS) is 14.4. The Balaban J connectivity index is 2.34. The van der Waals surface area contributed by atoms with Gasteiger partial charge in [0, 0.05) is 13.0 Å². The number of carbonyl (C=O) groups excluding carboxylic acids is 2. The molecular formula is C12H15F2N3O2S. The van der Waals surface area contributed by atoms with Gasteiger partial charge >= 0.3 is 0 Å². The predicted molar refractivity (Wildman–Crippen MR) is 73.7 cm³/mol. The number of nitrogens with two attached hydrogens (primary N) is 1. The van der Waals surface area contributed by atoms with Crippen molar-refractivity contribution in [2.45, 2.75) is 19.3 Å². The van der Waals surface area contributed by atoms with Crippen LogP contribution in [0.4, 0.5) is 19.5 Å². The highest BCUT2D eigenvalue weighted by Crippen LogP contribution is 2.41. The number of anilines is 2. The first-order chi connectivity index (χ1) is 9.45. The molecule has 0 bridgehead atoms. The summed E-state index contributed by atoms with van der Waals surface area (Å²) in [4.78, 5) is 24.1. The van der Waals surface area contributed by atoms with Crippen molar-refractivity contribution in [2.75, 3.05) is 24.6 Å². The summed E-state index contributed by atoms with van der Waals surface area (Å²) >= 11 is 0.968. The van der Waals surface area contributed by atoms with Gasteiger partial charge in [-0.3, -0.25) is 9.59 Å². The van der Waals surface area contributed by atoms with Crippen LogP contribution in [0.5, 0.6) is 0 Å². The zero-order valence-electron chi connectivity index (χ0n) is 10.8. The van der Waals surface area contributed by atoms with Crippen LogP contribution in [0.2, 0.25) is 0 Å². The van der Waals surface area contributed by atoms with Crippen LogP contribution in [-0.4, -0.2) is 31.7 Å². The van der Waals surface area contributed by atoms with Gasteiger partial charge in [0.05, 0.1) is 22.7 Å².